The third-order valence-electron chi connectivity index (χ3n) is 2.77. The van der Waals surface area contributed by atoms with Gasteiger partial charge in [-0.3, -0.25) is 4.79 Å². The Kier molecular flexibility index (Phi) is 8.82. The van der Waals surface area contributed by atoms with E-state index in [-0.39, 0.29) is 42.6 Å². The van der Waals surface area contributed by atoms with Crippen LogP contribution in [-0.2, 0) is 0 Å². The van der Waals surface area contributed by atoms with E-state index in [4.69, 9.17) is 22.9 Å². The van der Waals surface area contributed by atoms with Crippen LogP contribution in [-0.4, -0.2) is 17.8 Å². The lowest BCUT2D eigenvalue weighted by molar-refractivity contribution is 0.102. The van der Waals surface area contributed by atoms with Gasteiger partial charge in [0.25, 0.3) is 5.91 Å². The number of halogens is 2. The first-order chi connectivity index (χ1) is 10.9. The molecule has 0 aliphatic heterocycles. The van der Waals surface area contributed by atoms with Crippen molar-refractivity contribution in [2.24, 2.45) is 32.9 Å². The molecule has 0 aliphatic rings. The zero-order valence-corrected chi connectivity index (χ0v) is 14.7. The lowest BCUT2D eigenvalue weighted by Crippen LogP contribution is -2.21. The number of carbonyl (C=O) groups excluding carboxylic acids is 1. The van der Waals surface area contributed by atoms with Crippen LogP contribution >= 0.6 is 24.8 Å². The van der Waals surface area contributed by atoms with Crippen LogP contribution in [0.15, 0.2) is 58.5 Å². The number of rotatable bonds is 4. The van der Waals surface area contributed by atoms with Crippen molar-refractivity contribution in [1.29, 1.82) is 0 Å². The summed E-state index contributed by atoms with van der Waals surface area (Å²) in [5, 5.41) is 2.76. The number of guanidine groups is 2. The van der Waals surface area contributed by atoms with E-state index in [0.717, 1.165) is 0 Å². The number of nitrogens with two attached hydrogens (primary N) is 4. The largest absolute Gasteiger partial charge is 0.370 e. The molecular formula is C15H19Cl2N7O. The molecule has 1 amide bonds. The molecule has 9 N–H and O–H groups in total. The van der Waals surface area contributed by atoms with Gasteiger partial charge in [0, 0.05) is 11.3 Å². The topological polar surface area (TPSA) is 158 Å². The Morgan fingerprint density at radius 1 is 0.720 bits per heavy atom. The van der Waals surface area contributed by atoms with Gasteiger partial charge in [-0.2, -0.15) is 0 Å². The van der Waals surface area contributed by atoms with Gasteiger partial charge >= 0.3 is 0 Å². The minimum atomic E-state index is -0.254. The standard InChI is InChI=1S/C15H17N7O.2ClH/c16-14(17)21-11-3-1-9(2-4-11)13(23)20-10-5-7-12(8-6-10)22-15(18)19;;/h1-8H,(H,20,23)(H4,16,17,21)(H4,18,19,22);2*1H. The summed E-state index contributed by atoms with van der Waals surface area (Å²) >= 11 is 0. The van der Waals surface area contributed by atoms with Crippen LogP contribution in [0.5, 0.6) is 0 Å². The van der Waals surface area contributed by atoms with E-state index in [1.54, 1.807) is 48.5 Å². The predicted octanol–water partition coefficient (Wildman–Crippen LogP) is 1.59. The van der Waals surface area contributed by atoms with E-state index in [2.05, 4.69) is 15.3 Å². The molecule has 134 valence electrons. The molecule has 10 heteroatoms. The van der Waals surface area contributed by atoms with Gasteiger partial charge in [-0.1, -0.05) is 0 Å². The van der Waals surface area contributed by atoms with E-state index in [9.17, 15) is 4.79 Å². The van der Waals surface area contributed by atoms with Crippen molar-refractivity contribution >= 4 is 59.7 Å². The minimum absolute atomic E-state index is 0. The summed E-state index contributed by atoms with van der Waals surface area (Å²) in [6.45, 7) is 0. The summed E-state index contributed by atoms with van der Waals surface area (Å²) in [6.07, 6.45) is 0. The van der Waals surface area contributed by atoms with Gasteiger partial charge in [-0.15, -0.1) is 24.8 Å². The molecule has 25 heavy (non-hydrogen) atoms. The Hall–Kier alpha value is -2.97. The predicted molar refractivity (Wildman–Crippen MR) is 106 cm³/mol. The van der Waals surface area contributed by atoms with Crippen molar-refractivity contribution < 1.29 is 4.79 Å². The van der Waals surface area contributed by atoms with Gasteiger partial charge in [0.15, 0.2) is 11.9 Å². The summed E-state index contributed by atoms with van der Waals surface area (Å²) < 4.78 is 0. The Balaban J connectivity index is 0.00000288. The van der Waals surface area contributed by atoms with Gasteiger partial charge in [-0.25, -0.2) is 9.98 Å². The highest BCUT2D eigenvalue weighted by Crippen LogP contribution is 2.18. The highest BCUT2D eigenvalue weighted by Gasteiger charge is 2.06. The fourth-order valence-electron chi connectivity index (χ4n) is 1.81. The normalized spacial score (nSPS) is 8.96. The van der Waals surface area contributed by atoms with Crippen LogP contribution in [0, 0.1) is 0 Å². The molecule has 0 saturated carbocycles. The highest BCUT2D eigenvalue weighted by atomic mass is 35.5. The molecule has 0 aromatic heterocycles. The van der Waals surface area contributed by atoms with E-state index in [1.807, 2.05) is 0 Å². The lowest BCUT2D eigenvalue weighted by atomic mass is 10.2. The SMILES string of the molecule is Cl.Cl.NC(N)=Nc1ccc(NC(=O)c2ccc(N=C(N)N)cc2)cc1. The van der Waals surface area contributed by atoms with E-state index in [0.29, 0.717) is 22.6 Å². The number of hydrogen-bond acceptors (Lipinski definition) is 3. The minimum Gasteiger partial charge on any atom is -0.370 e. The average molecular weight is 384 g/mol. The Bertz CT molecular complexity index is 750. The molecule has 0 fully saturated rings. The zero-order chi connectivity index (χ0) is 16.8. The van der Waals surface area contributed by atoms with Crippen molar-refractivity contribution in [3.05, 3.63) is 54.1 Å². The second kappa shape index (κ2) is 10.0. The summed E-state index contributed by atoms with van der Waals surface area (Å²) in [4.78, 5) is 19.9. The molecule has 0 atom stereocenters. The van der Waals surface area contributed by atoms with Crippen molar-refractivity contribution in [3.8, 4) is 0 Å². The van der Waals surface area contributed by atoms with Gasteiger partial charge in [0.05, 0.1) is 11.4 Å². The molecule has 0 spiro atoms. The number of hydrogen-bond donors (Lipinski definition) is 5. The molecular weight excluding hydrogens is 365 g/mol. The van der Waals surface area contributed by atoms with Crippen LogP contribution in [0.1, 0.15) is 10.4 Å². The molecule has 8 nitrogen and oxygen atoms in total. The van der Waals surface area contributed by atoms with Gasteiger partial charge in [0.1, 0.15) is 0 Å². The number of aliphatic imine (C=N–C) groups is 2. The maximum Gasteiger partial charge on any atom is 0.255 e. The molecule has 2 rings (SSSR count). The highest BCUT2D eigenvalue weighted by molar-refractivity contribution is 6.04. The van der Waals surface area contributed by atoms with Gasteiger partial charge < -0.3 is 28.3 Å². The van der Waals surface area contributed by atoms with Crippen LogP contribution in [0.3, 0.4) is 0 Å². The molecule has 2 aromatic rings. The average Bonchev–Trinajstić information content (AvgIpc) is 2.49. The number of nitrogens with one attached hydrogen (secondary N) is 1. The number of anilines is 1. The second-order valence-electron chi connectivity index (χ2n) is 4.62. The Morgan fingerprint density at radius 2 is 1.12 bits per heavy atom. The third-order valence-corrected chi connectivity index (χ3v) is 2.77. The van der Waals surface area contributed by atoms with E-state index in [1.165, 1.54) is 0 Å². The van der Waals surface area contributed by atoms with Crippen LogP contribution in [0.2, 0.25) is 0 Å². The number of benzene rings is 2. The van der Waals surface area contributed by atoms with Crippen LogP contribution in [0.4, 0.5) is 17.1 Å². The van der Waals surface area contributed by atoms with Crippen molar-refractivity contribution in [1.82, 2.24) is 0 Å². The fourth-order valence-corrected chi connectivity index (χ4v) is 1.81. The molecule has 0 bridgehead atoms. The smallest absolute Gasteiger partial charge is 0.255 e. The zero-order valence-electron chi connectivity index (χ0n) is 13.0. The first kappa shape index (κ1) is 22.0. The Morgan fingerprint density at radius 3 is 1.52 bits per heavy atom. The Labute approximate surface area is 157 Å². The molecule has 0 radical (unpaired) electrons. The summed E-state index contributed by atoms with van der Waals surface area (Å²) in [6, 6.07) is 13.3. The molecule has 2 aromatic carbocycles. The monoisotopic (exact) mass is 383 g/mol. The number of nitrogens with zero attached hydrogens (tertiary/aromatic N) is 2. The van der Waals surface area contributed by atoms with Crippen molar-refractivity contribution in [3.63, 3.8) is 0 Å². The van der Waals surface area contributed by atoms with Gasteiger partial charge in [-0.05, 0) is 48.5 Å². The summed E-state index contributed by atoms with van der Waals surface area (Å²) in [7, 11) is 0. The van der Waals surface area contributed by atoms with E-state index >= 15 is 0 Å². The fraction of sp³-hybridized carbons (Fsp3) is 0. The number of amides is 1. The maximum absolute atomic E-state index is 12.1. The van der Waals surface area contributed by atoms with Gasteiger partial charge in [0.2, 0.25) is 0 Å². The second-order valence-corrected chi connectivity index (χ2v) is 4.62. The molecule has 0 aliphatic carbocycles. The maximum atomic E-state index is 12.1. The third kappa shape index (κ3) is 6.98. The summed E-state index contributed by atoms with van der Waals surface area (Å²) in [5.41, 5.74) is 23.4. The van der Waals surface area contributed by atoms with Crippen molar-refractivity contribution in [2.45, 2.75) is 0 Å². The quantitative estimate of drug-likeness (QED) is 0.399. The summed E-state index contributed by atoms with van der Waals surface area (Å²) in [5.74, 6) is -0.318. The molecule has 0 heterocycles. The van der Waals surface area contributed by atoms with Crippen molar-refractivity contribution in [2.75, 3.05) is 5.32 Å². The molecule has 0 unspecified atom stereocenters. The van der Waals surface area contributed by atoms with Crippen LogP contribution in [0.25, 0.3) is 0 Å². The number of carbonyl (C=O) groups is 1. The first-order valence-corrected chi connectivity index (χ1v) is 6.65. The lowest BCUT2D eigenvalue weighted by Gasteiger charge is -2.06. The van der Waals surface area contributed by atoms with E-state index < -0.39 is 0 Å². The molecule has 0 saturated heterocycles. The first-order valence-electron chi connectivity index (χ1n) is 6.65. The van der Waals surface area contributed by atoms with Crippen LogP contribution < -0.4 is 28.3 Å².